The van der Waals surface area contributed by atoms with E-state index in [0.29, 0.717) is 48.9 Å². The fourth-order valence-corrected chi connectivity index (χ4v) is 3.16. The standard InChI is InChI=1S/C17H23N3O4S/c1-22-11-8-14(23-2)12(15(9-11)24-3)5-7-19-17(21)13-10-25-16(20-13)4-6-18/h8-10H,4-7,18H2,1-3H3,(H,19,21). The Kier molecular flexibility index (Phi) is 7.03. The maximum atomic E-state index is 12.2. The van der Waals surface area contributed by atoms with Crippen molar-refractivity contribution in [1.29, 1.82) is 0 Å². The van der Waals surface area contributed by atoms with Crippen LogP contribution in [0.1, 0.15) is 21.1 Å². The molecule has 136 valence electrons. The number of amides is 1. The quantitative estimate of drug-likeness (QED) is 0.701. The molecule has 1 heterocycles. The van der Waals surface area contributed by atoms with Crippen LogP contribution < -0.4 is 25.3 Å². The van der Waals surface area contributed by atoms with Crippen molar-refractivity contribution in [3.8, 4) is 17.2 Å². The minimum Gasteiger partial charge on any atom is -0.496 e. The van der Waals surface area contributed by atoms with Crippen LogP contribution >= 0.6 is 11.3 Å². The molecule has 25 heavy (non-hydrogen) atoms. The lowest BCUT2D eigenvalue weighted by atomic mass is 10.1. The smallest absolute Gasteiger partial charge is 0.270 e. The summed E-state index contributed by atoms with van der Waals surface area (Å²) in [7, 11) is 4.76. The van der Waals surface area contributed by atoms with Crippen molar-refractivity contribution in [2.75, 3.05) is 34.4 Å². The lowest BCUT2D eigenvalue weighted by Crippen LogP contribution is -2.26. The van der Waals surface area contributed by atoms with Crippen molar-refractivity contribution >= 4 is 17.2 Å². The van der Waals surface area contributed by atoms with Gasteiger partial charge in [-0.05, 0) is 13.0 Å². The predicted octanol–water partition coefficient (Wildman–Crippen LogP) is 1.64. The highest BCUT2D eigenvalue weighted by Crippen LogP contribution is 2.34. The molecule has 0 fully saturated rings. The molecule has 0 unspecified atom stereocenters. The molecule has 1 aromatic carbocycles. The summed E-state index contributed by atoms with van der Waals surface area (Å²) in [4.78, 5) is 16.5. The van der Waals surface area contributed by atoms with Crippen molar-refractivity contribution in [3.63, 3.8) is 0 Å². The Hall–Kier alpha value is -2.32. The van der Waals surface area contributed by atoms with Gasteiger partial charge in [-0.3, -0.25) is 4.79 Å². The highest BCUT2D eigenvalue weighted by molar-refractivity contribution is 7.09. The number of nitrogens with one attached hydrogen (secondary N) is 1. The molecule has 3 N–H and O–H groups in total. The van der Waals surface area contributed by atoms with Crippen LogP contribution in [0.3, 0.4) is 0 Å². The summed E-state index contributed by atoms with van der Waals surface area (Å²) in [5.41, 5.74) is 6.79. The van der Waals surface area contributed by atoms with Crippen LogP contribution in [-0.2, 0) is 12.8 Å². The third kappa shape index (κ3) is 4.83. The van der Waals surface area contributed by atoms with Crippen LogP contribution in [0.4, 0.5) is 0 Å². The van der Waals surface area contributed by atoms with Gasteiger partial charge in [0, 0.05) is 36.0 Å². The molecule has 8 heteroatoms. The zero-order valence-corrected chi connectivity index (χ0v) is 15.4. The molecule has 0 saturated heterocycles. The molecule has 2 rings (SSSR count). The summed E-state index contributed by atoms with van der Waals surface area (Å²) in [6.07, 6.45) is 1.24. The van der Waals surface area contributed by atoms with E-state index in [4.69, 9.17) is 19.9 Å². The van der Waals surface area contributed by atoms with Crippen molar-refractivity contribution in [3.05, 3.63) is 33.8 Å². The molecule has 1 aromatic heterocycles. The summed E-state index contributed by atoms with van der Waals surface area (Å²) in [5.74, 6) is 1.76. The number of carbonyl (C=O) groups excluding carboxylic acids is 1. The van der Waals surface area contributed by atoms with E-state index in [0.717, 1.165) is 10.6 Å². The van der Waals surface area contributed by atoms with Crippen molar-refractivity contribution < 1.29 is 19.0 Å². The second-order valence-corrected chi connectivity index (χ2v) is 6.12. The second-order valence-electron chi connectivity index (χ2n) is 5.18. The highest BCUT2D eigenvalue weighted by atomic mass is 32.1. The fourth-order valence-electron chi connectivity index (χ4n) is 2.37. The SMILES string of the molecule is COc1cc(OC)c(CCNC(=O)c2csc(CCN)n2)c(OC)c1. The number of thiazole rings is 1. The predicted molar refractivity (Wildman–Crippen MR) is 97.0 cm³/mol. The molecule has 0 atom stereocenters. The van der Waals surface area contributed by atoms with Crippen LogP contribution in [0.2, 0.25) is 0 Å². The third-order valence-electron chi connectivity index (χ3n) is 3.62. The van der Waals surface area contributed by atoms with Crippen molar-refractivity contribution in [2.24, 2.45) is 5.73 Å². The Labute approximate surface area is 151 Å². The van der Waals surface area contributed by atoms with Gasteiger partial charge < -0.3 is 25.3 Å². The summed E-state index contributed by atoms with van der Waals surface area (Å²) < 4.78 is 16.0. The Morgan fingerprint density at radius 3 is 2.40 bits per heavy atom. The zero-order chi connectivity index (χ0) is 18.2. The molecular formula is C17H23N3O4S. The van der Waals surface area contributed by atoms with Gasteiger partial charge in [-0.25, -0.2) is 4.98 Å². The maximum Gasteiger partial charge on any atom is 0.270 e. The first-order valence-electron chi connectivity index (χ1n) is 7.84. The average molecular weight is 365 g/mol. The van der Waals surface area contributed by atoms with E-state index in [1.807, 2.05) is 0 Å². The topological polar surface area (TPSA) is 95.7 Å². The third-order valence-corrected chi connectivity index (χ3v) is 4.53. The summed E-state index contributed by atoms with van der Waals surface area (Å²) in [6.45, 7) is 0.952. The Balaban J connectivity index is 2.01. The van der Waals surface area contributed by atoms with E-state index >= 15 is 0 Å². The molecule has 0 radical (unpaired) electrons. The van der Waals surface area contributed by atoms with E-state index in [9.17, 15) is 4.79 Å². The number of aromatic nitrogens is 1. The lowest BCUT2D eigenvalue weighted by Gasteiger charge is -2.15. The number of hydrogen-bond acceptors (Lipinski definition) is 7. The number of benzene rings is 1. The highest BCUT2D eigenvalue weighted by Gasteiger charge is 2.15. The van der Waals surface area contributed by atoms with Gasteiger partial charge >= 0.3 is 0 Å². The molecule has 7 nitrogen and oxygen atoms in total. The molecule has 2 aromatic rings. The summed E-state index contributed by atoms with van der Waals surface area (Å²) >= 11 is 1.44. The van der Waals surface area contributed by atoms with Crippen LogP contribution in [0.5, 0.6) is 17.2 Å². The molecule has 0 bridgehead atoms. The maximum absolute atomic E-state index is 12.2. The number of rotatable bonds is 9. The molecular weight excluding hydrogens is 342 g/mol. The number of methoxy groups -OCH3 is 3. The lowest BCUT2D eigenvalue weighted by molar-refractivity contribution is 0.0949. The molecule has 0 spiro atoms. The monoisotopic (exact) mass is 365 g/mol. The zero-order valence-electron chi connectivity index (χ0n) is 14.6. The van der Waals surface area contributed by atoms with E-state index < -0.39 is 0 Å². The minimum atomic E-state index is -0.203. The van der Waals surface area contributed by atoms with Crippen LogP contribution in [0, 0.1) is 0 Å². The van der Waals surface area contributed by atoms with E-state index in [1.165, 1.54) is 11.3 Å². The number of nitrogens with two attached hydrogens (primary N) is 1. The average Bonchev–Trinajstić information content (AvgIpc) is 3.10. The first-order valence-corrected chi connectivity index (χ1v) is 8.72. The number of carbonyl (C=O) groups is 1. The summed E-state index contributed by atoms with van der Waals surface area (Å²) in [5, 5.41) is 5.48. The minimum absolute atomic E-state index is 0.203. The normalized spacial score (nSPS) is 10.4. The van der Waals surface area contributed by atoms with Crippen molar-refractivity contribution in [1.82, 2.24) is 10.3 Å². The molecule has 1 amide bonds. The second kappa shape index (κ2) is 9.24. The van der Waals surface area contributed by atoms with E-state index in [-0.39, 0.29) is 5.91 Å². The van der Waals surface area contributed by atoms with Crippen LogP contribution in [0.15, 0.2) is 17.5 Å². The van der Waals surface area contributed by atoms with Gasteiger partial charge in [0.05, 0.1) is 26.3 Å². The van der Waals surface area contributed by atoms with E-state index in [1.54, 1.807) is 38.8 Å². The number of nitrogens with zero attached hydrogens (tertiary/aromatic N) is 1. The van der Waals surface area contributed by atoms with Crippen LogP contribution in [-0.4, -0.2) is 45.3 Å². The number of hydrogen-bond donors (Lipinski definition) is 2. The molecule has 0 aliphatic rings. The van der Waals surface area contributed by atoms with Gasteiger partial charge in [-0.1, -0.05) is 0 Å². The first kappa shape index (κ1) is 19.0. The molecule has 0 saturated carbocycles. The van der Waals surface area contributed by atoms with E-state index in [2.05, 4.69) is 10.3 Å². The van der Waals surface area contributed by atoms with Gasteiger partial charge in [0.1, 0.15) is 22.9 Å². The molecule has 0 aliphatic heterocycles. The largest absolute Gasteiger partial charge is 0.496 e. The van der Waals surface area contributed by atoms with Gasteiger partial charge in [0.15, 0.2) is 0 Å². The van der Waals surface area contributed by atoms with Gasteiger partial charge in [-0.2, -0.15) is 0 Å². The van der Waals surface area contributed by atoms with Gasteiger partial charge in [0.25, 0.3) is 5.91 Å². The van der Waals surface area contributed by atoms with Crippen molar-refractivity contribution in [2.45, 2.75) is 12.8 Å². The van der Waals surface area contributed by atoms with Crippen LogP contribution in [0.25, 0.3) is 0 Å². The Morgan fingerprint density at radius 2 is 1.84 bits per heavy atom. The first-order chi connectivity index (χ1) is 12.1. The Bertz CT molecular complexity index is 693. The number of ether oxygens (including phenoxy) is 3. The Morgan fingerprint density at radius 1 is 1.16 bits per heavy atom. The van der Waals surface area contributed by atoms with Gasteiger partial charge in [-0.15, -0.1) is 11.3 Å². The summed E-state index contributed by atoms with van der Waals surface area (Å²) in [6, 6.07) is 3.58. The molecule has 0 aliphatic carbocycles. The fraction of sp³-hybridized carbons (Fsp3) is 0.412. The van der Waals surface area contributed by atoms with Gasteiger partial charge in [0.2, 0.25) is 0 Å².